The average molecular weight is 422 g/mol. The van der Waals surface area contributed by atoms with Crippen molar-refractivity contribution in [1.82, 2.24) is 19.9 Å². The van der Waals surface area contributed by atoms with E-state index >= 15 is 0 Å². The molecular weight excluding hydrogens is 398 g/mol. The van der Waals surface area contributed by atoms with E-state index in [1.165, 1.54) is 27.1 Å². The number of aryl methyl sites for hydroxylation is 2. The Morgan fingerprint density at radius 2 is 2.10 bits per heavy atom. The van der Waals surface area contributed by atoms with Gasteiger partial charge >= 0.3 is 0 Å². The van der Waals surface area contributed by atoms with Gasteiger partial charge in [-0.25, -0.2) is 9.97 Å². The number of nitrogens with zero attached hydrogens (tertiary/aromatic N) is 4. The summed E-state index contributed by atoms with van der Waals surface area (Å²) in [6.07, 6.45) is 7.13. The number of hydrogen-bond acceptors (Lipinski definition) is 7. The number of likely N-dealkylation sites (N-methyl/N-ethyl adjacent to an activating group) is 1. The predicted octanol–water partition coefficient (Wildman–Crippen LogP) is 5.02. The molecule has 148 valence electrons. The van der Waals surface area contributed by atoms with Crippen molar-refractivity contribution in [1.29, 1.82) is 0 Å². The molecule has 0 amide bonds. The van der Waals surface area contributed by atoms with Crippen molar-refractivity contribution in [3.8, 4) is 11.4 Å². The van der Waals surface area contributed by atoms with Crippen LogP contribution in [0.1, 0.15) is 27.8 Å². The highest BCUT2D eigenvalue weighted by Gasteiger charge is 2.24. The van der Waals surface area contributed by atoms with Crippen molar-refractivity contribution in [2.45, 2.75) is 25.3 Å². The second kappa shape index (κ2) is 7.82. The molecule has 1 atom stereocenters. The zero-order valence-electron chi connectivity index (χ0n) is 16.6. The molecule has 0 aliphatic heterocycles. The van der Waals surface area contributed by atoms with Gasteiger partial charge in [0.1, 0.15) is 10.6 Å². The van der Waals surface area contributed by atoms with E-state index in [0.29, 0.717) is 6.04 Å². The number of aromatic nitrogens is 3. The lowest BCUT2D eigenvalue weighted by Crippen LogP contribution is -2.26. The van der Waals surface area contributed by atoms with Crippen LogP contribution in [0.15, 0.2) is 42.0 Å². The molecule has 0 unspecified atom stereocenters. The topological polar surface area (TPSA) is 53.9 Å². The van der Waals surface area contributed by atoms with Crippen LogP contribution in [0.3, 0.4) is 0 Å². The first-order valence-electron chi connectivity index (χ1n) is 9.87. The zero-order valence-corrected chi connectivity index (χ0v) is 18.2. The highest BCUT2D eigenvalue weighted by molar-refractivity contribution is 7.19. The molecule has 0 saturated carbocycles. The van der Waals surface area contributed by atoms with Gasteiger partial charge in [0.15, 0.2) is 5.82 Å². The predicted molar refractivity (Wildman–Crippen MR) is 122 cm³/mol. The van der Waals surface area contributed by atoms with Crippen molar-refractivity contribution in [3.05, 3.63) is 57.4 Å². The van der Waals surface area contributed by atoms with Gasteiger partial charge in [-0.05, 0) is 62.5 Å². The third kappa shape index (κ3) is 3.54. The maximum atomic E-state index is 4.96. The minimum atomic E-state index is 0.300. The highest BCUT2D eigenvalue weighted by Crippen LogP contribution is 2.40. The molecule has 1 aliphatic rings. The highest BCUT2D eigenvalue weighted by atomic mass is 32.1. The maximum Gasteiger partial charge on any atom is 0.164 e. The normalized spacial score (nSPS) is 14.4. The molecule has 4 heterocycles. The van der Waals surface area contributed by atoms with Crippen LogP contribution in [0.2, 0.25) is 0 Å². The lowest BCUT2D eigenvalue weighted by molar-refractivity contribution is 0.316. The molecular formula is C22H23N5S2. The summed E-state index contributed by atoms with van der Waals surface area (Å²) >= 11 is 3.63. The average Bonchev–Trinajstić information content (AvgIpc) is 3.46. The largest absolute Gasteiger partial charge is 0.367 e. The number of pyridine rings is 1. The molecule has 1 N–H and O–H groups in total. The van der Waals surface area contributed by atoms with E-state index in [4.69, 9.17) is 9.97 Å². The Bertz CT molecular complexity index is 1120. The summed E-state index contributed by atoms with van der Waals surface area (Å²) in [5, 5.41) is 7.04. The third-order valence-corrected chi connectivity index (χ3v) is 7.60. The molecule has 4 aromatic heterocycles. The van der Waals surface area contributed by atoms with E-state index in [0.717, 1.165) is 41.4 Å². The number of rotatable bonds is 6. The van der Waals surface area contributed by atoms with Gasteiger partial charge in [0.2, 0.25) is 0 Å². The number of fused-ring (bicyclic) bond motifs is 3. The first-order chi connectivity index (χ1) is 14.2. The molecule has 0 aromatic carbocycles. The van der Waals surface area contributed by atoms with Crippen LogP contribution in [0.5, 0.6) is 0 Å². The van der Waals surface area contributed by atoms with Crippen LogP contribution < -0.4 is 5.32 Å². The SMILES string of the molecule is CN(C)[C@@H](CNc1nc(-c2cccnc2)nc2sc3c(c12)CCC3)c1cccs1. The van der Waals surface area contributed by atoms with Crippen molar-refractivity contribution < 1.29 is 0 Å². The first-order valence-corrected chi connectivity index (χ1v) is 11.6. The lowest BCUT2D eigenvalue weighted by Gasteiger charge is -2.24. The molecule has 5 rings (SSSR count). The van der Waals surface area contributed by atoms with Gasteiger partial charge in [-0.15, -0.1) is 22.7 Å². The molecule has 1 aliphatic carbocycles. The molecule has 0 fully saturated rings. The van der Waals surface area contributed by atoms with Crippen LogP contribution >= 0.6 is 22.7 Å². The van der Waals surface area contributed by atoms with Crippen molar-refractivity contribution in [3.63, 3.8) is 0 Å². The van der Waals surface area contributed by atoms with E-state index in [-0.39, 0.29) is 0 Å². The molecule has 0 radical (unpaired) electrons. The Balaban J connectivity index is 1.56. The smallest absolute Gasteiger partial charge is 0.164 e. The molecule has 7 heteroatoms. The van der Waals surface area contributed by atoms with Crippen molar-refractivity contribution in [2.75, 3.05) is 26.0 Å². The number of nitrogens with one attached hydrogen (secondary N) is 1. The number of thiophene rings is 2. The molecule has 0 spiro atoms. The van der Waals surface area contributed by atoms with Crippen molar-refractivity contribution in [2.24, 2.45) is 0 Å². The monoisotopic (exact) mass is 421 g/mol. The van der Waals surface area contributed by atoms with Gasteiger partial charge in [0, 0.05) is 34.3 Å². The minimum absolute atomic E-state index is 0.300. The summed E-state index contributed by atoms with van der Waals surface area (Å²) in [7, 11) is 4.26. The second-order valence-corrected chi connectivity index (χ2v) is 9.61. The van der Waals surface area contributed by atoms with Gasteiger partial charge in [0.25, 0.3) is 0 Å². The van der Waals surface area contributed by atoms with Gasteiger partial charge in [0.05, 0.1) is 11.4 Å². The lowest BCUT2D eigenvalue weighted by atomic mass is 10.1. The van der Waals surface area contributed by atoms with Crippen molar-refractivity contribution >= 4 is 38.7 Å². The molecule has 0 saturated heterocycles. The summed E-state index contributed by atoms with van der Waals surface area (Å²) in [6.45, 7) is 0.802. The Morgan fingerprint density at radius 3 is 2.86 bits per heavy atom. The number of hydrogen-bond donors (Lipinski definition) is 1. The zero-order chi connectivity index (χ0) is 19.8. The van der Waals surface area contributed by atoms with E-state index in [1.54, 1.807) is 17.5 Å². The van der Waals surface area contributed by atoms with Crippen LogP contribution in [-0.4, -0.2) is 40.5 Å². The Labute approximate surface area is 178 Å². The summed E-state index contributed by atoms with van der Waals surface area (Å²) in [5.74, 6) is 1.70. The van der Waals surface area contributed by atoms with E-state index in [9.17, 15) is 0 Å². The quantitative estimate of drug-likeness (QED) is 0.474. The second-order valence-electron chi connectivity index (χ2n) is 7.55. The summed E-state index contributed by atoms with van der Waals surface area (Å²) < 4.78 is 0. The number of anilines is 1. The summed E-state index contributed by atoms with van der Waals surface area (Å²) in [5.41, 5.74) is 2.40. The summed E-state index contributed by atoms with van der Waals surface area (Å²) in [6, 6.07) is 8.58. The molecule has 5 nitrogen and oxygen atoms in total. The Kier molecular flexibility index (Phi) is 5.03. The van der Waals surface area contributed by atoms with E-state index in [1.807, 2.05) is 29.7 Å². The standard InChI is InChI=1S/C22H23N5S2/c1-27(2)16(18-9-5-11-28-18)13-24-21-19-15-7-3-8-17(15)29-22(19)26-20(25-21)14-6-4-10-23-12-14/h4-6,9-12,16H,3,7-8,13H2,1-2H3,(H,24,25,26)/t16-/m0/s1. The fourth-order valence-corrected chi connectivity index (χ4v) is 6.14. The fourth-order valence-electron chi connectivity index (χ4n) is 3.96. The maximum absolute atomic E-state index is 4.96. The summed E-state index contributed by atoms with van der Waals surface area (Å²) in [4.78, 5) is 20.3. The fraction of sp³-hybridized carbons (Fsp3) is 0.318. The van der Waals surface area contributed by atoms with Crippen LogP contribution in [-0.2, 0) is 12.8 Å². The van der Waals surface area contributed by atoms with Crippen LogP contribution in [0, 0.1) is 0 Å². The minimum Gasteiger partial charge on any atom is -0.367 e. The van der Waals surface area contributed by atoms with Gasteiger partial charge in [-0.2, -0.15) is 0 Å². The van der Waals surface area contributed by atoms with E-state index < -0.39 is 0 Å². The van der Waals surface area contributed by atoms with Gasteiger partial charge in [-0.3, -0.25) is 4.98 Å². The van der Waals surface area contributed by atoms with Gasteiger partial charge in [-0.1, -0.05) is 6.07 Å². The van der Waals surface area contributed by atoms with Gasteiger partial charge < -0.3 is 10.2 Å². The van der Waals surface area contributed by atoms with Crippen LogP contribution in [0.4, 0.5) is 5.82 Å². The van der Waals surface area contributed by atoms with E-state index in [2.05, 4.69) is 46.8 Å². The molecule has 29 heavy (non-hydrogen) atoms. The third-order valence-electron chi connectivity index (χ3n) is 5.44. The molecule has 0 bridgehead atoms. The Hall–Kier alpha value is -2.35. The van der Waals surface area contributed by atoms with Crippen LogP contribution in [0.25, 0.3) is 21.6 Å². The Morgan fingerprint density at radius 1 is 1.17 bits per heavy atom. The molecule has 4 aromatic rings. The first kappa shape index (κ1) is 18.7.